The van der Waals surface area contributed by atoms with Gasteiger partial charge in [0.15, 0.2) is 0 Å². The summed E-state index contributed by atoms with van der Waals surface area (Å²) in [5.74, 6) is -1.03. The molecule has 0 aromatic carbocycles. The first-order valence-corrected chi connectivity index (χ1v) is 11.7. The molecular formula is C25H43N3O6. The molecule has 34 heavy (non-hydrogen) atoms. The number of hydrogen-bond donors (Lipinski definition) is 2. The molecule has 0 radical (unpaired) electrons. The molecule has 0 unspecified atom stereocenters. The van der Waals surface area contributed by atoms with E-state index in [2.05, 4.69) is 31.0 Å². The molecule has 9 nitrogen and oxygen atoms in total. The van der Waals surface area contributed by atoms with Gasteiger partial charge in [-0.15, -0.1) is 0 Å². The van der Waals surface area contributed by atoms with Crippen molar-refractivity contribution in [2.45, 2.75) is 92.8 Å². The second-order valence-corrected chi connectivity index (χ2v) is 11.7. The molecule has 0 bridgehead atoms. The molecule has 1 rings (SSSR count). The molecule has 0 spiro atoms. The highest BCUT2D eigenvalue weighted by atomic mass is 16.6. The number of imide groups is 1. The van der Waals surface area contributed by atoms with Crippen molar-refractivity contribution in [3.05, 3.63) is 23.5 Å². The number of nitrogens with zero attached hydrogens (tertiary/aromatic N) is 2. The highest BCUT2D eigenvalue weighted by molar-refractivity contribution is 5.91. The van der Waals surface area contributed by atoms with E-state index in [0.29, 0.717) is 25.2 Å². The zero-order chi connectivity index (χ0) is 26.3. The van der Waals surface area contributed by atoms with Gasteiger partial charge >= 0.3 is 18.2 Å². The molecule has 0 saturated heterocycles. The van der Waals surface area contributed by atoms with E-state index in [1.54, 1.807) is 47.6 Å². The lowest BCUT2D eigenvalue weighted by Gasteiger charge is -2.28. The highest BCUT2D eigenvalue weighted by Gasteiger charge is 2.30. The molecular weight excluding hydrogens is 438 g/mol. The molecule has 9 heteroatoms. The summed E-state index contributed by atoms with van der Waals surface area (Å²) in [6.07, 6.45) is 3.55. The van der Waals surface area contributed by atoms with Crippen LogP contribution in [0.5, 0.6) is 0 Å². The van der Waals surface area contributed by atoms with Gasteiger partial charge in [0.1, 0.15) is 11.2 Å². The number of carboxylic acid groups (broad SMARTS) is 1. The van der Waals surface area contributed by atoms with Crippen molar-refractivity contribution in [3.8, 4) is 0 Å². The smallest absolute Gasteiger partial charge is 0.419 e. The van der Waals surface area contributed by atoms with E-state index in [0.717, 1.165) is 17.9 Å². The predicted octanol–water partition coefficient (Wildman–Crippen LogP) is 5.09. The highest BCUT2D eigenvalue weighted by Crippen LogP contribution is 2.22. The van der Waals surface area contributed by atoms with Crippen molar-refractivity contribution in [3.63, 3.8) is 0 Å². The van der Waals surface area contributed by atoms with Crippen LogP contribution < -0.4 is 5.32 Å². The van der Waals surface area contributed by atoms with E-state index in [1.807, 2.05) is 6.20 Å². The van der Waals surface area contributed by atoms with Gasteiger partial charge in [0, 0.05) is 19.3 Å². The average molecular weight is 482 g/mol. The quantitative estimate of drug-likeness (QED) is 0.364. The lowest BCUT2D eigenvalue weighted by molar-refractivity contribution is -0.132. The van der Waals surface area contributed by atoms with Crippen molar-refractivity contribution in [1.82, 2.24) is 15.1 Å². The third kappa shape index (κ3) is 11.4. The third-order valence-corrected chi connectivity index (χ3v) is 4.62. The Morgan fingerprint density at radius 2 is 1.56 bits per heavy atom. The third-order valence-electron chi connectivity index (χ3n) is 4.62. The summed E-state index contributed by atoms with van der Waals surface area (Å²) in [7, 11) is 0. The largest absolute Gasteiger partial charge is 0.478 e. The SMILES string of the molecule is CC(C)(C)CCN1C=C(C(=CCCCN(C(=O)OC(C)(C)C)C(=O)OC(C)(C)C)C(=O)O)NC1. The fourth-order valence-electron chi connectivity index (χ4n) is 2.95. The molecule has 2 N–H and O–H groups in total. The number of ether oxygens (including phenoxy) is 2. The maximum Gasteiger partial charge on any atom is 0.419 e. The van der Waals surface area contributed by atoms with Crippen LogP contribution in [0, 0.1) is 5.41 Å². The molecule has 194 valence electrons. The van der Waals surface area contributed by atoms with Crippen LogP contribution in [0.15, 0.2) is 23.5 Å². The second-order valence-electron chi connectivity index (χ2n) is 11.7. The Balaban J connectivity index is 2.84. The van der Waals surface area contributed by atoms with Gasteiger partial charge in [0.2, 0.25) is 0 Å². The maximum atomic E-state index is 12.6. The Bertz CT molecular complexity index is 769. The first-order chi connectivity index (χ1) is 15.4. The van der Waals surface area contributed by atoms with Crippen molar-refractivity contribution in [2.24, 2.45) is 5.41 Å². The summed E-state index contributed by atoms with van der Waals surface area (Å²) in [5.41, 5.74) is -0.631. The summed E-state index contributed by atoms with van der Waals surface area (Å²) in [6.45, 7) is 18.2. The summed E-state index contributed by atoms with van der Waals surface area (Å²) in [6, 6.07) is 0. The molecule has 1 aliphatic rings. The summed E-state index contributed by atoms with van der Waals surface area (Å²) < 4.78 is 10.7. The monoisotopic (exact) mass is 481 g/mol. The molecule has 0 saturated carbocycles. The zero-order valence-electron chi connectivity index (χ0n) is 22.3. The molecule has 2 amide bonds. The minimum atomic E-state index is -1.03. The minimum absolute atomic E-state index is 0.0391. The minimum Gasteiger partial charge on any atom is -0.478 e. The Labute approximate surface area is 204 Å². The van der Waals surface area contributed by atoms with Gasteiger partial charge in [-0.3, -0.25) is 0 Å². The van der Waals surface area contributed by atoms with E-state index >= 15 is 0 Å². The number of carboxylic acids is 1. The fraction of sp³-hybridized carbons (Fsp3) is 0.720. The molecule has 0 aliphatic carbocycles. The van der Waals surface area contributed by atoms with Crippen LogP contribution in [0.25, 0.3) is 0 Å². The van der Waals surface area contributed by atoms with Crippen molar-refractivity contribution < 1.29 is 29.0 Å². The number of aliphatic carboxylic acids is 1. The van der Waals surface area contributed by atoms with Crippen LogP contribution in [-0.2, 0) is 14.3 Å². The predicted molar refractivity (Wildman–Crippen MR) is 131 cm³/mol. The van der Waals surface area contributed by atoms with Gasteiger partial charge in [0.25, 0.3) is 0 Å². The lowest BCUT2D eigenvalue weighted by atomic mass is 9.92. The normalized spacial score (nSPS) is 14.9. The van der Waals surface area contributed by atoms with Crippen molar-refractivity contribution >= 4 is 18.2 Å². The average Bonchev–Trinajstić information content (AvgIpc) is 3.07. The Kier molecular flexibility index (Phi) is 10.0. The number of rotatable bonds is 8. The number of carbonyl (C=O) groups excluding carboxylic acids is 2. The van der Waals surface area contributed by atoms with Gasteiger partial charge in [-0.1, -0.05) is 26.8 Å². The Hall–Kier alpha value is -2.71. The summed E-state index contributed by atoms with van der Waals surface area (Å²) in [5, 5.41) is 12.8. The number of hydrogen-bond acceptors (Lipinski definition) is 7. The standard InChI is InChI=1S/C25H43N3O6/c1-23(2,3)13-15-27-16-19(26-17-27)18(20(29)30)12-10-11-14-28(21(31)33-24(4,5)6)22(32)34-25(7,8)9/h12,16,26H,10-11,13-15,17H2,1-9H3,(H,29,30). The first kappa shape index (κ1) is 29.3. The molecule has 0 fully saturated rings. The van der Waals surface area contributed by atoms with Crippen molar-refractivity contribution in [1.29, 1.82) is 0 Å². The number of nitrogens with one attached hydrogen (secondary N) is 1. The van der Waals surface area contributed by atoms with Gasteiger partial charge < -0.3 is 24.8 Å². The summed E-state index contributed by atoms with van der Waals surface area (Å²) in [4.78, 5) is 40.0. The van der Waals surface area contributed by atoms with Gasteiger partial charge in [-0.05, 0) is 66.2 Å². The van der Waals surface area contributed by atoms with Gasteiger partial charge in [-0.2, -0.15) is 0 Å². The molecule has 1 heterocycles. The van der Waals surface area contributed by atoms with Crippen LogP contribution in [0.4, 0.5) is 9.59 Å². The van der Waals surface area contributed by atoms with E-state index in [4.69, 9.17) is 9.47 Å². The van der Waals surface area contributed by atoms with Gasteiger partial charge in [-0.25, -0.2) is 19.3 Å². The topological polar surface area (TPSA) is 108 Å². The fourth-order valence-corrected chi connectivity index (χ4v) is 2.95. The van der Waals surface area contributed by atoms with E-state index in [1.165, 1.54) is 0 Å². The molecule has 1 aliphatic heterocycles. The van der Waals surface area contributed by atoms with E-state index in [-0.39, 0.29) is 17.5 Å². The Morgan fingerprint density at radius 3 is 2.00 bits per heavy atom. The number of unbranched alkanes of at least 4 members (excludes halogenated alkanes) is 1. The van der Waals surface area contributed by atoms with Crippen LogP contribution in [0.2, 0.25) is 0 Å². The van der Waals surface area contributed by atoms with Crippen LogP contribution in [-0.4, -0.2) is 64.0 Å². The van der Waals surface area contributed by atoms with E-state index < -0.39 is 29.4 Å². The number of carbonyl (C=O) groups is 3. The number of amides is 2. The second kappa shape index (κ2) is 11.6. The molecule has 0 aromatic heterocycles. The van der Waals surface area contributed by atoms with E-state index in [9.17, 15) is 19.5 Å². The summed E-state index contributed by atoms with van der Waals surface area (Å²) >= 11 is 0. The lowest BCUT2D eigenvalue weighted by Crippen LogP contribution is -2.44. The van der Waals surface area contributed by atoms with Crippen molar-refractivity contribution in [2.75, 3.05) is 19.8 Å². The first-order valence-electron chi connectivity index (χ1n) is 11.7. The molecule has 0 aromatic rings. The number of allylic oxidation sites excluding steroid dienone is 1. The maximum absolute atomic E-state index is 12.6. The zero-order valence-corrected chi connectivity index (χ0v) is 22.3. The van der Waals surface area contributed by atoms with Crippen LogP contribution >= 0.6 is 0 Å². The van der Waals surface area contributed by atoms with Gasteiger partial charge in [0.05, 0.1) is 17.9 Å². The van der Waals surface area contributed by atoms with Crippen LogP contribution in [0.3, 0.4) is 0 Å². The Morgan fingerprint density at radius 1 is 1.03 bits per heavy atom. The molecule has 0 atom stereocenters. The van der Waals surface area contributed by atoms with Crippen LogP contribution in [0.1, 0.15) is 81.6 Å².